The van der Waals surface area contributed by atoms with E-state index in [9.17, 15) is 4.79 Å². The summed E-state index contributed by atoms with van der Waals surface area (Å²) in [6, 6.07) is 11.3. The lowest BCUT2D eigenvalue weighted by Gasteiger charge is -2.03. The number of aliphatic carboxylic acids is 1. The molecule has 1 aromatic carbocycles. The smallest absolute Gasteiger partial charge is 0.320 e. The molecule has 1 aromatic rings. The second-order valence-electron chi connectivity index (χ2n) is 3.38. The van der Waals surface area contributed by atoms with E-state index in [1.165, 1.54) is 0 Å². The van der Waals surface area contributed by atoms with Crippen LogP contribution in [0.3, 0.4) is 0 Å². The Bertz CT molecular complexity index is 238. The molecule has 0 fully saturated rings. The SMILES string of the molecule is NCCCCC(N)C(=O)O.c1ccccc1. The Labute approximate surface area is 96.3 Å². The molecule has 0 amide bonds. The van der Waals surface area contributed by atoms with Gasteiger partial charge in [0, 0.05) is 0 Å². The Kier molecular flexibility index (Phi) is 9.26. The summed E-state index contributed by atoms with van der Waals surface area (Å²) in [6.45, 7) is 0.604. The third-order valence-electron chi connectivity index (χ3n) is 1.95. The van der Waals surface area contributed by atoms with E-state index in [-0.39, 0.29) is 0 Å². The fourth-order valence-corrected chi connectivity index (χ4v) is 1.02. The van der Waals surface area contributed by atoms with Gasteiger partial charge in [-0.05, 0) is 19.4 Å². The van der Waals surface area contributed by atoms with Crippen LogP contribution in [0.2, 0.25) is 0 Å². The van der Waals surface area contributed by atoms with Crippen LogP contribution in [0, 0.1) is 0 Å². The first-order valence-electron chi connectivity index (χ1n) is 5.37. The Morgan fingerprint density at radius 3 is 1.81 bits per heavy atom. The molecule has 5 N–H and O–H groups in total. The second-order valence-corrected chi connectivity index (χ2v) is 3.38. The second kappa shape index (κ2) is 10.1. The van der Waals surface area contributed by atoms with Gasteiger partial charge in [0.2, 0.25) is 0 Å². The van der Waals surface area contributed by atoms with Crippen molar-refractivity contribution in [2.75, 3.05) is 6.54 Å². The highest BCUT2D eigenvalue weighted by Gasteiger charge is 2.09. The van der Waals surface area contributed by atoms with Crippen molar-refractivity contribution in [3.05, 3.63) is 36.4 Å². The lowest BCUT2D eigenvalue weighted by Crippen LogP contribution is -2.29. The zero-order valence-electron chi connectivity index (χ0n) is 9.38. The van der Waals surface area contributed by atoms with Crippen molar-refractivity contribution >= 4 is 5.97 Å². The van der Waals surface area contributed by atoms with Crippen LogP contribution < -0.4 is 11.5 Å². The zero-order valence-corrected chi connectivity index (χ0v) is 9.38. The van der Waals surface area contributed by atoms with Gasteiger partial charge >= 0.3 is 5.97 Å². The molecule has 0 saturated heterocycles. The van der Waals surface area contributed by atoms with Gasteiger partial charge in [0.1, 0.15) is 6.04 Å². The lowest BCUT2D eigenvalue weighted by atomic mass is 10.1. The molecule has 0 bridgehead atoms. The summed E-state index contributed by atoms with van der Waals surface area (Å²) in [6.07, 6.45) is 2.16. The van der Waals surface area contributed by atoms with Crippen molar-refractivity contribution in [1.29, 1.82) is 0 Å². The van der Waals surface area contributed by atoms with Gasteiger partial charge in [-0.25, -0.2) is 0 Å². The van der Waals surface area contributed by atoms with Crippen molar-refractivity contribution in [1.82, 2.24) is 0 Å². The Hall–Kier alpha value is -1.39. The molecule has 0 radical (unpaired) electrons. The highest BCUT2D eigenvalue weighted by Crippen LogP contribution is 1.96. The normalized spacial score (nSPS) is 11.1. The topological polar surface area (TPSA) is 89.3 Å². The first kappa shape index (κ1) is 14.6. The fourth-order valence-electron chi connectivity index (χ4n) is 1.02. The number of benzene rings is 1. The maximum absolute atomic E-state index is 10.1. The van der Waals surface area contributed by atoms with Crippen molar-refractivity contribution in [3.8, 4) is 0 Å². The summed E-state index contributed by atoms with van der Waals surface area (Å²) in [7, 11) is 0. The average molecular weight is 224 g/mol. The largest absolute Gasteiger partial charge is 0.480 e. The number of hydrogen-bond acceptors (Lipinski definition) is 3. The number of carboxylic acid groups (broad SMARTS) is 1. The minimum absolute atomic E-state index is 0.520. The summed E-state index contributed by atoms with van der Waals surface area (Å²) in [5, 5.41) is 8.33. The maximum Gasteiger partial charge on any atom is 0.320 e. The number of hydrogen-bond donors (Lipinski definition) is 3. The zero-order chi connectivity index (χ0) is 12.2. The Balaban J connectivity index is 0.000000315. The third kappa shape index (κ3) is 9.18. The van der Waals surface area contributed by atoms with Crippen molar-refractivity contribution in [3.63, 3.8) is 0 Å². The first-order valence-corrected chi connectivity index (χ1v) is 5.37. The number of carbonyl (C=O) groups is 1. The first-order chi connectivity index (χ1) is 7.68. The van der Waals surface area contributed by atoms with Crippen LogP contribution in [-0.4, -0.2) is 23.7 Å². The highest BCUT2D eigenvalue weighted by molar-refractivity contribution is 5.72. The predicted molar refractivity (Wildman–Crippen MR) is 65.0 cm³/mol. The number of carboxylic acids is 1. The van der Waals surface area contributed by atoms with Crippen molar-refractivity contribution < 1.29 is 9.90 Å². The van der Waals surface area contributed by atoms with Crippen LogP contribution in [0.5, 0.6) is 0 Å². The van der Waals surface area contributed by atoms with Crippen LogP contribution in [0.1, 0.15) is 19.3 Å². The number of unbranched alkanes of at least 4 members (excludes halogenated alkanes) is 1. The van der Waals surface area contributed by atoms with Crippen LogP contribution in [-0.2, 0) is 4.79 Å². The van der Waals surface area contributed by atoms with Gasteiger partial charge in [0.05, 0.1) is 0 Å². The molecule has 0 aromatic heterocycles. The van der Waals surface area contributed by atoms with Gasteiger partial charge in [-0.1, -0.05) is 42.8 Å². The van der Waals surface area contributed by atoms with Crippen LogP contribution in [0.25, 0.3) is 0 Å². The van der Waals surface area contributed by atoms with Gasteiger partial charge in [-0.3, -0.25) is 4.79 Å². The summed E-state index contributed by atoms with van der Waals surface area (Å²) >= 11 is 0. The molecule has 90 valence electrons. The van der Waals surface area contributed by atoms with Gasteiger partial charge < -0.3 is 16.6 Å². The van der Waals surface area contributed by atoms with Crippen LogP contribution in [0.4, 0.5) is 0 Å². The minimum atomic E-state index is -0.933. The predicted octanol–water partition coefficient (Wildman–Crippen LogP) is 1.21. The maximum atomic E-state index is 10.1. The lowest BCUT2D eigenvalue weighted by molar-refractivity contribution is -0.138. The van der Waals surface area contributed by atoms with Crippen LogP contribution >= 0.6 is 0 Å². The molecular formula is C12H20N2O2. The van der Waals surface area contributed by atoms with E-state index < -0.39 is 12.0 Å². The quantitative estimate of drug-likeness (QED) is 0.656. The molecule has 0 aliphatic rings. The number of rotatable bonds is 5. The average Bonchev–Trinajstić information content (AvgIpc) is 2.32. The molecule has 0 saturated carbocycles. The summed E-state index contributed by atoms with van der Waals surface area (Å²) in [5.41, 5.74) is 10.4. The van der Waals surface area contributed by atoms with E-state index in [0.29, 0.717) is 13.0 Å². The monoisotopic (exact) mass is 224 g/mol. The van der Waals surface area contributed by atoms with Crippen molar-refractivity contribution in [2.45, 2.75) is 25.3 Å². The van der Waals surface area contributed by atoms with Gasteiger partial charge in [-0.2, -0.15) is 0 Å². The van der Waals surface area contributed by atoms with Gasteiger partial charge in [-0.15, -0.1) is 0 Å². The molecule has 16 heavy (non-hydrogen) atoms. The molecule has 1 atom stereocenters. The highest BCUT2D eigenvalue weighted by atomic mass is 16.4. The molecule has 1 rings (SSSR count). The number of nitrogens with two attached hydrogens (primary N) is 2. The Morgan fingerprint density at radius 1 is 1.06 bits per heavy atom. The molecule has 4 nitrogen and oxygen atoms in total. The fraction of sp³-hybridized carbons (Fsp3) is 0.417. The standard InChI is InChI=1S/C6H14N2O2.C6H6/c7-4-2-1-3-5(8)6(9)10;1-2-4-6-5-3-1/h5H,1-4,7-8H2,(H,9,10);1-6H. The van der Waals surface area contributed by atoms with Gasteiger partial charge in [0.15, 0.2) is 0 Å². The van der Waals surface area contributed by atoms with E-state index in [1.807, 2.05) is 36.4 Å². The molecular weight excluding hydrogens is 204 g/mol. The minimum Gasteiger partial charge on any atom is -0.480 e. The van der Waals surface area contributed by atoms with E-state index in [0.717, 1.165) is 12.8 Å². The Morgan fingerprint density at radius 2 is 1.50 bits per heavy atom. The molecule has 0 aliphatic heterocycles. The van der Waals surface area contributed by atoms with E-state index in [2.05, 4.69) is 0 Å². The van der Waals surface area contributed by atoms with E-state index in [4.69, 9.17) is 16.6 Å². The molecule has 0 spiro atoms. The van der Waals surface area contributed by atoms with Crippen LogP contribution in [0.15, 0.2) is 36.4 Å². The summed E-state index contributed by atoms with van der Waals surface area (Å²) in [4.78, 5) is 10.1. The molecule has 0 aliphatic carbocycles. The molecule has 4 heteroatoms. The third-order valence-corrected chi connectivity index (χ3v) is 1.95. The van der Waals surface area contributed by atoms with E-state index in [1.54, 1.807) is 0 Å². The summed E-state index contributed by atoms with van der Waals surface area (Å²) < 4.78 is 0. The van der Waals surface area contributed by atoms with Crippen molar-refractivity contribution in [2.24, 2.45) is 11.5 Å². The molecule has 1 unspecified atom stereocenters. The summed E-state index contributed by atoms with van der Waals surface area (Å²) in [5.74, 6) is -0.933. The molecule has 0 heterocycles. The van der Waals surface area contributed by atoms with E-state index >= 15 is 0 Å². The van der Waals surface area contributed by atoms with Gasteiger partial charge in [0.25, 0.3) is 0 Å².